The maximum atomic E-state index is 12.2. The van der Waals surface area contributed by atoms with Gasteiger partial charge >= 0.3 is 0 Å². The number of carbonyl (C=O) groups is 2. The number of carbonyl (C=O) groups excluding carboxylic acids is 2. The van der Waals surface area contributed by atoms with Gasteiger partial charge in [-0.2, -0.15) is 4.37 Å². The summed E-state index contributed by atoms with van der Waals surface area (Å²) in [6, 6.07) is 8.63. The van der Waals surface area contributed by atoms with Crippen LogP contribution >= 0.6 is 11.5 Å². The first kappa shape index (κ1) is 12.8. The average Bonchev–Trinajstić information content (AvgIpc) is 2.99. The standard InChI is InChI=1S/C14H12N2O3S/c1-2-19-12-7-9(20-15-12)8-16-13(17)10-5-3-4-6-11(10)14(16)18/h3-7H,2,8H2,1H3. The van der Waals surface area contributed by atoms with Crippen LogP contribution in [0.1, 0.15) is 32.5 Å². The Morgan fingerprint density at radius 3 is 2.45 bits per heavy atom. The predicted octanol–water partition coefficient (Wildman–Crippen LogP) is 2.34. The molecule has 0 N–H and O–H groups in total. The number of amides is 2. The third kappa shape index (κ3) is 2.08. The van der Waals surface area contributed by atoms with Gasteiger partial charge < -0.3 is 4.74 Å². The molecular formula is C14H12N2O3S. The van der Waals surface area contributed by atoms with Gasteiger partial charge in [0.15, 0.2) is 0 Å². The molecule has 1 aromatic carbocycles. The molecule has 20 heavy (non-hydrogen) atoms. The minimum absolute atomic E-state index is 0.233. The smallest absolute Gasteiger partial charge is 0.261 e. The highest BCUT2D eigenvalue weighted by molar-refractivity contribution is 7.05. The van der Waals surface area contributed by atoms with Crippen molar-refractivity contribution in [3.05, 3.63) is 46.3 Å². The third-order valence-corrected chi connectivity index (χ3v) is 3.77. The van der Waals surface area contributed by atoms with Crippen LogP contribution in [0.5, 0.6) is 5.88 Å². The molecule has 1 aromatic heterocycles. The molecule has 0 unspecified atom stereocenters. The summed E-state index contributed by atoms with van der Waals surface area (Å²) in [7, 11) is 0. The fraction of sp³-hybridized carbons (Fsp3) is 0.214. The Balaban J connectivity index is 1.82. The number of ether oxygens (including phenoxy) is 1. The molecule has 102 valence electrons. The Labute approximate surface area is 120 Å². The fourth-order valence-electron chi connectivity index (χ4n) is 2.12. The summed E-state index contributed by atoms with van der Waals surface area (Å²) in [5, 5.41) is 0. The second-order valence-electron chi connectivity index (χ2n) is 4.31. The first-order chi connectivity index (χ1) is 9.70. The van der Waals surface area contributed by atoms with Crippen molar-refractivity contribution in [1.82, 2.24) is 9.27 Å². The first-order valence-electron chi connectivity index (χ1n) is 6.24. The van der Waals surface area contributed by atoms with Crippen LogP contribution in [0.2, 0.25) is 0 Å². The van der Waals surface area contributed by atoms with Gasteiger partial charge in [-0.25, -0.2) is 0 Å². The van der Waals surface area contributed by atoms with Crippen LogP contribution in [0.3, 0.4) is 0 Å². The molecule has 2 aromatic rings. The number of fused-ring (bicyclic) bond motifs is 1. The van der Waals surface area contributed by atoms with Crippen LogP contribution in [0.15, 0.2) is 30.3 Å². The van der Waals surface area contributed by atoms with Crippen molar-refractivity contribution in [1.29, 1.82) is 0 Å². The number of benzene rings is 1. The topological polar surface area (TPSA) is 59.5 Å². The van der Waals surface area contributed by atoms with E-state index in [1.54, 1.807) is 30.3 Å². The van der Waals surface area contributed by atoms with Gasteiger partial charge in [-0.15, -0.1) is 0 Å². The molecule has 1 aliphatic heterocycles. The second-order valence-corrected chi connectivity index (χ2v) is 5.20. The van der Waals surface area contributed by atoms with Gasteiger partial charge in [-0.05, 0) is 30.6 Å². The van der Waals surface area contributed by atoms with E-state index < -0.39 is 0 Å². The van der Waals surface area contributed by atoms with E-state index in [1.807, 2.05) is 6.92 Å². The molecular weight excluding hydrogens is 276 g/mol. The SMILES string of the molecule is CCOc1cc(CN2C(=O)c3ccccc3C2=O)sn1. The largest absolute Gasteiger partial charge is 0.477 e. The van der Waals surface area contributed by atoms with E-state index in [2.05, 4.69) is 4.37 Å². The molecule has 3 rings (SSSR count). The minimum Gasteiger partial charge on any atom is -0.477 e. The van der Waals surface area contributed by atoms with E-state index in [9.17, 15) is 9.59 Å². The van der Waals surface area contributed by atoms with E-state index in [-0.39, 0.29) is 18.4 Å². The monoisotopic (exact) mass is 288 g/mol. The van der Waals surface area contributed by atoms with Crippen LogP contribution in [0.25, 0.3) is 0 Å². The molecule has 0 fully saturated rings. The molecule has 0 atom stereocenters. The van der Waals surface area contributed by atoms with E-state index in [4.69, 9.17) is 4.74 Å². The van der Waals surface area contributed by atoms with Crippen molar-refractivity contribution in [3.8, 4) is 5.88 Å². The molecule has 1 aliphatic rings. The van der Waals surface area contributed by atoms with Gasteiger partial charge in [0.25, 0.3) is 11.8 Å². The Morgan fingerprint density at radius 1 is 1.20 bits per heavy atom. The molecule has 2 heterocycles. The maximum Gasteiger partial charge on any atom is 0.261 e. The van der Waals surface area contributed by atoms with Crippen LogP contribution in [0.4, 0.5) is 0 Å². The minimum atomic E-state index is -0.253. The molecule has 2 amide bonds. The molecule has 0 bridgehead atoms. The highest BCUT2D eigenvalue weighted by Crippen LogP contribution is 2.26. The van der Waals surface area contributed by atoms with Gasteiger partial charge in [-0.1, -0.05) is 12.1 Å². The highest BCUT2D eigenvalue weighted by Gasteiger charge is 2.35. The van der Waals surface area contributed by atoms with Crippen LogP contribution in [0, 0.1) is 0 Å². The van der Waals surface area contributed by atoms with E-state index in [1.165, 1.54) is 16.4 Å². The van der Waals surface area contributed by atoms with Gasteiger partial charge in [0.1, 0.15) is 0 Å². The zero-order chi connectivity index (χ0) is 14.1. The molecule has 6 heteroatoms. The van der Waals surface area contributed by atoms with Gasteiger partial charge in [0.2, 0.25) is 5.88 Å². The van der Waals surface area contributed by atoms with Gasteiger partial charge in [0.05, 0.1) is 24.3 Å². The number of aromatic nitrogens is 1. The summed E-state index contributed by atoms with van der Waals surface area (Å²) in [4.78, 5) is 26.5. The number of hydrogen-bond donors (Lipinski definition) is 0. The summed E-state index contributed by atoms with van der Waals surface area (Å²) in [5.41, 5.74) is 0.930. The zero-order valence-corrected chi connectivity index (χ0v) is 11.6. The lowest BCUT2D eigenvalue weighted by atomic mass is 10.1. The Morgan fingerprint density at radius 2 is 1.85 bits per heavy atom. The number of hydrogen-bond acceptors (Lipinski definition) is 5. The van der Waals surface area contributed by atoms with Crippen LogP contribution in [-0.4, -0.2) is 27.7 Å². The molecule has 0 saturated carbocycles. The quantitative estimate of drug-likeness (QED) is 0.810. The Kier molecular flexibility index (Phi) is 3.23. The van der Waals surface area contributed by atoms with E-state index >= 15 is 0 Å². The van der Waals surface area contributed by atoms with E-state index in [0.717, 1.165) is 4.88 Å². The summed E-state index contributed by atoms with van der Waals surface area (Å²) in [6.07, 6.45) is 0. The van der Waals surface area contributed by atoms with Crippen molar-refractivity contribution in [2.45, 2.75) is 13.5 Å². The maximum absolute atomic E-state index is 12.2. The number of imide groups is 1. The van der Waals surface area contributed by atoms with Crippen molar-refractivity contribution < 1.29 is 14.3 Å². The van der Waals surface area contributed by atoms with Crippen molar-refractivity contribution in [2.75, 3.05) is 6.61 Å². The van der Waals surface area contributed by atoms with Crippen LogP contribution in [-0.2, 0) is 6.54 Å². The van der Waals surface area contributed by atoms with Crippen molar-refractivity contribution in [2.24, 2.45) is 0 Å². The van der Waals surface area contributed by atoms with Crippen molar-refractivity contribution >= 4 is 23.3 Å². The summed E-state index contributed by atoms with van der Waals surface area (Å²) in [6.45, 7) is 2.65. The third-order valence-electron chi connectivity index (χ3n) is 3.02. The molecule has 0 aliphatic carbocycles. The first-order valence-corrected chi connectivity index (χ1v) is 7.01. The Bertz CT molecular complexity index is 646. The number of nitrogens with zero attached hydrogens (tertiary/aromatic N) is 2. The van der Waals surface area contributed by atoms with E-state index in [0.29, 0.717) is 23.6 Å². The summed E-state index contributed by atoms with van der Waals surface area (Å²) < 4.78 is 9.39. The molecule has 0 radical (unpaired) electrons. The lowest BCUT2D eigenvalue weighted by Crippen LogP contribution is -2.28. The molecule has 5 nitrogen and oxygen atoms in total. The fourth-order valence-corrected chi connectivity index (χ4v) is 2.78. The molecule has 0 spiro atoms. The predicted molar refractivity (Wildman–Crippen MR) is 73.9 cm³/mol. The molecule has 0 saturated heterocycles. The van der Waals surface area contributed by atoms with Gasteiger partial charge in [-0.3, -0.25) is 14.5 Å². The lowest BCUT2D eigenvalue weighted by molar-refractivity contribution is 0.0644. The van der Waals surface area contributed by atoms with Crippen molar-refractivity contribution in [3.63, 3.8) is 0 Å². The Hall–Kier alpha value is -2.21. The summed E-state index contributed by atoms with van der Waals surface area (Å²) in [5.74, 6) is 0.0260. The highest BCUT2D eigenvalue weighted by atomic mass is 32.1. The zero-order valence-electron chi connectivity index (χ0n) is 10.8. The summed E-state index contributed by atoms with van der Waals surface area (Å²) >= 11 is 1.24. The van der Waals surface area contributed by atoms with Crippen LogP contribution < -0.4 is 4.74 Å². The lowest BCUT2D eigenvalue weighted by Gasteiger charge is -2.11. The second kappa shape index (κ2) is 5.05. The van der Waals surface area contributed by atoms with Gasteiger partial charge in [0, 0.05) is 10.9 Å². The normalized spacial score (nSPS) is 13.8. The number of rotatable bonds is 4. The average molecular weight is 288 g/mol.